The van der Waals surface area contributed by atoms with Crippen LogP contribution in [0.1, 0.15) is 26.3 Å². The van der Waals surface area contributed by atoms with Gasteiger partial charge in [0.05, 0.1) is 5.56 Å². The van der Waals surface area contributed by atoms with Crippen molar-refractivity contribution in [3.8, 4) is 0 Å². The van der Waals surface area contributed by atoms with E-state index in [1.165, 1.54) is 6.20 Å². The third-order valence-electron chi connectivity index (χ3n) is 3.22. The van der Waals surface area contributed by atoms with Crippen molar-refractivity contribution in [3.05, 3.63) is 59.4 Å². The van der Waals surface area contributed by atoms with E-state index < -0.39 is 0 Å². The molecular formula is C15H13N3O2. The Morgan fingerprint density at radius 1 is 1.30 bits per heavy atom. The van der Waals surface area contributed by atoms with Crippen LogP contribution in [0.5, 0.6) is 0 Å². The Kier molecular flexibility index (Phi) is 3.16. The zero-order valence-electron chi connectivity index (χ0n) is 10.7. The van der Waals surface area contributed by atoms with Crippen LogP contribution in [0, 0.1) is 0 Å². The first-order chi connectivity index (χ1) is 9.74. The summed E-state index contributed by atoms with van der Waals surface area (Å²) in [5.74, 6) is -0.335. The maximum Gasteiger partial charge on any atom is 0.257 e. The van der Waals surface area contributed by atoms with E-state index >= 15 is 0 Å². The topological polar surface area (TPSA) is 71.1 Å². The lowest BCUT2D eigenvalue weighted by atomic mass is 10.00. The zero-order chi connectivity index (χ0) is 13.9. The molecule has 2 amide bonds. The molecule has 0 radical (unpaired) electrons. The van der Waals surface area contributed by atoms with Gasteiger partial charge in [-0.15, -0.1) is 0 Å². The summed E-state index contributed by atoms with van der Waals surface area (Å²) in [5.41, 5.74) is 2.72. The SMILES string of the molecule is O=C(Nc1ccc2c(c1)C(=O)NCC2)c1cccnc1. The maximum absolute atomic E-state index is 12.0. The smallest absolute Gasteiger partial charge is 0.257 e. The van der Waals surface area contributed by atoms with Gasteiger partial charge in [-0.2, -0.15) is 0 Å². The van der Waals surface area contributed by atoms with Crippen molar-refractivity contribution in [1.29, 1.82) is 0 Å². The molecule has 2 aromatic rings. The van der Waals surface area contributed by atoms with Gasteiger partial charge in [-0.05, 0) is 36.2 Å². The molecule has 1 aliphatic rings. The number of rotatable bonds is 2. The van der Waals surface area contributed by atoms with Crippen molar-refractivity contribution in [2.24, 2.45) is 0 Å². The van der Waals surface area contributed by atoms with E-state index in [2.05, 4.69) is 15.6 Å². The average Bonchev–Trinajstić information content (AvgIpc) is 2.49. The molecule has 3 rings (SSSR count). The predicted molar refractivity (Wildman–Crippen MR) is 74.7 cm³/mol. The highest BCUT2D eigenvalue weighted by atomic mass is 16.2. The molecule has 1 aromatic carbocycles. The largest absolute Gasteiger partial charge is 0.352 e. The molecule has 1 aliphatic heterocycles. The van der Waals surface area contributed by atoms with Gasteiger partial charge in [-0.1, -0.05) is 6.07 Å². The predicted octanol–water partition coefficient (Wildman–Crippen LogP) is 1.62. The molecule has 100 valence electrons. The van der Waals surface area contributed by atoms with Crippen molar-refractivity contribution in [1.82, 2.24) is 10.3 Å². The molecule has 2 N–H and O–H groups in total. The first-order valence-electron chi connectivity index (χ1n) is 6.36. The highest BCUT2D eigenvalue weighted by molar-refractivity contribution is 6.05. The van der Waals surface area contributed by atoms with E-state index in [1.54, 1.807) is 24.4 Å². The lowest BCUT2D eigenvalue weighted by molar-refractivity contribution is 0.0944. The Balaban J connectivity index is 1.83. The first kappa shape index (κ1) is 12.3. The third-order valence-corrected chi connectivity index (χ3v) is 3.22. The summed E-state index contributed by atoms with van der Waals surface area (Å²) in [6, 6.07) is 8.79. The van der Waals surface area contributed by atoms with Gasteiger partial charge in [0.25, 0.3) is 11.8 Å². The molecular weight excluding hydrogens is 254 g/mol. The lowest BCUT2D eigenvalue weighted by Crippen LogP contribution is -2.31. The summed E-state index contributed by atoms with van der Waals surface area (Å²) in [4.78, 5) is 27.7. The fourth-order valence-corrected chi connectivity index (χ4v) is 2.19. The number of amides is 2. The van der Waals surface area contributed by atoms with Crippen LogP contribution >= 0.6 is 0 Å². The van der Waals surface area contributed by atoms with Gasteiger partial charge < -0.3 is 10.6 Å². The second kappa shape index (κ2) is 5.13. The standard InChI is InChI=1S/C15H13N3O2/c19-14(11-2-1-6-16-9-11)18-12-4-3-10-5-7-17-15(20)13(10)8-12/h1-4,6,8-9H,5,7H2,(H,17,20)(H,18,19). The van der Waals surface area contributed by atoms with Gasteiger partial charge >= 0.3 is 0 Å². The van der Waals surface area contributed by atoms with Crippen LogP contribution < -0.4 is 10.6 Å². The highest BCUT2D eigenvalue weighted by Gasteiger charge is 2.17. The second-order valence-corrected chi connectivity index (χ2v) is 4.57. The van der Waals surface area contributed by atoms with E-state index in [0.29, 0.717) is 23.4 Å². The van der Waals surface area contributed by atoms with Crippen molar-refractivity contribution in [2.75, 3.05) is 11.9 Å². The van der Waals surface area contributed by atoms with Crippen molar-refractivity contribution < 1.29 is 9.59 Å². The molecule has 20 heavy (non-hydrogen) atoms. The molecule has 5 nitrogen and oxygen atoms in total. The molecule has 0 saturated carbocycles. The number of carbonyl (C=O) groups is 2. The number of benzene rings is 1. The van der Waals surface area contributed by atoms with Gasteiger partial charge in [0.1, 0.15) is 0 Å². The highest BCUT2D eigenvalue weighted by Crippen LogP contribution is 2.19. The van der Waals surface area contributed by atoms with Crippen LogP contribution in [0.25, 0.3) is 0 Å². The Hall–Kier alpha value is -2.69. The van der Waals surface area contributed by atoms with Crippen molar-refractivity contribution in [2.45, 2.75) is 6.42 Å². The summed E-state index contributed by atoms with van der Waals surface area (Å²) < 4.78 is 0. The molecule has 2 heterocycles. The minimum absolute atomic E-state index is 0.0938. The van der Waals surface area contributed by atoms with Crippen LogP contribution in [-0.4, -0.2) is 23.3 Å². The van der Waals surface area contributed by atoms with Crippen LogP contribution in [-0.2, 0) is 6.42 Å². The van der Waals surface area contributed by atoms with Gasteiger partial charge in [0.2, 0.25) is 0 Å². The molecule has 0 saturated heterocycles. The van der Waals surface area contributed by atoms with E-state index in [4.69, 9.17) is 0 Å². The van der Waals surface area contributed by atoms with Crippen molar-refractivity contribution in [3.63, 3.8) is 0 Å². The average molecular weight is 267 g/mol. The lowest BCUT2D eigenvalue weighted by Gasteiger charge is -2.17. The molecule has 5 heteroatoms. The van der Waals surface area contributed by atoms with Crippen LogP contribution in [0.15, 0.2) is 42.7 Å². The fourth-order valence-electron chi connectivity index (χ4n) is 2.19. The Bertz CT molecular complexity index is 668. The number of anilines is 1. The van der Waals surface area contributed by atoms with Crippen molar-refractivity contribution >= 4 is 17.5 Å². The van der Waals surface area contributed by atoms with E-state index in [9.17, 15) is 9.59 Å². The molecule has 1 aromatic heterocycles. The minimum atomic E-state index is -0.241. The maximum atomic E-state index is 12.0. The minimum Gasteiger partial charge on any atom is -0.352 e. The summed E-state index contributed by atoms with van der Waals surface area (Å²) in [7, 11) is 0. The molecule has 0 bridgehead atoms. The van der Waals surface area contributed by atoms with E-state index in [0.717, 1.165) is 12.0 Å². The Labute approximate surface area is 116 Å². The normalized spacial score (nSPS) is 13.3. The summed E-state index contributed by atoms with van der Waals surface area (Å²) in [6.07, 6.45) is 3.93. The summed E-state index contributed by atoms with van der Waals surface area (Å²) >= 11 is 0. The van der Waals surface area contributed by atoms with Crippen LogP contribution in [0.2, 0.25) is 0 Å². The summed E-state index contributed by atoms with van der Waals surface area (Å²) in [5, 5.41) is 5.56. The first-order valence-corrected chi connectivity index (χ1v) is 6.36. The van der Waals surface area contributed by atoms with Gasteiger partial charge in [-0.3, -0.25) is 14.6 Å². The molecule has 0 aliphatic carbocycles. The van der Waals surface area contributed by atoms with Gasteiger partial charge in [0, 0.05) is 30.2 Å². The van der Waals surface area contributed by atoms with E-state index in [1.807, 2.05) is 12.1 Å². The van der Waals surface area contributed by atoms with Crippen LogP contribution in [0.3, 0.4) is 0 Å². The zero-order valence-corrected chi connectivity index (χ0v) is 10.7. The fraction of sp³-hybridized carbons (Fsp3) is 0.133. The van der Waals surface area contributed by atoms with Gasteiger partial charge in [-0.25, -0.2) is 0 Å². The number of nitrogens with one attached hydrogen (secondary N) is 2. The number of fused-ring (bicyclic) bond motifs is 1. The molecule has 0 fully saturated rings. The number of nitrogens with zero attached hydrogens (tertiary/aromatic N) is 1. The number of hydrogen-bond acceptors (Lipinski definition) is 3. The van der Waals surface area contributed by atoms with E-state index in [-0.39, 0.29) is 11.8 Å². The number of aromatic nitrogens is 1. The monoisotopic (exact) mass is 267 g/mol. The molecule has 0 spiro atoms. The Morgan fingerprint density at radius 3 is 3.00 bits per heavy atom. The second-order valence-electron chi connectivity index (χ2n) is 4.57. The van der Waals surface area contributed by atoms with Gasteiger partial charge in [0.15, 0.2) is 0 Å². The number of hydrogen-bond donors (Lipinski definition) is 2. The number of pyridine rings is 1. The number of carbonyl (C=O) groups excluding carboxylic acids is 2. The molecule has 0 unspecified atom stereocenters. The third kappa shape index (κ3) is 2.38. The molecule has 0 atom stereocenters. The Morgan fingerprint density at radius 2 is 2.20 bits per heavy atom. The van der Waals surface area contributed by atoms with Crippen LogP contribution in [0.4, 0.5) is 5.69 Å². The summed E-state index contributed by atoms with van der Waals surface area (Å²) in [6.45, 7) is 0.660. The quantitative estimate of drug-likeness (QED) is 0.868.